The number of benzene rings is 1. The fraction of sp³-hybridized carbons (Fsp3) is 0.423. The van der Waals surface area contributed by atoms with Crippen molar-refractivity contribution >= 4 is 18.2 Å². The van der Waals surface area contributed by atoms with E-state index in [9.17, 15) is 9.59 Å². The second kappa shape index (κ2) is 13.3. The molecule has 33 heavy (non-hydrogen) atoms. The maximum Gasteiger partial charge on any atom is 0.408 e. The zero-order chi connectivity index (χ0) is 23.3. The Labute approximate surface area is 196 Å². The average molecular weight is 451 g/mol. The Bertz CT molecular complexity index is 917. The number of nitrogens with one attached hydrogen (secondary N) is 3. The molecule has 0 radical (unpaired) electrons. The molecule has 3 N–H and O–H groups in total. The van der Waals surface area contributed by atoms with E-state index in [1.54, 1.807) is 0 Å². The standard InChI is InChI=1S/C26H34N4O3/c1-20(8-5-6-12-23-14-13-22-11-7-16-28-25(22)29-23)27-17-15-24(18-31)30-26(32)33-19-21-9-3-2-4-10-21/h2-4,9-10,13-14,18,24,27H,1,5-8,11-12,15-17,19H2,(H,28,29)(H,30,32). The monoisotopic (exact) mass is 450 g/mol. The van der Waals surface area contributed by atoms with Gasteiger partial charge in [0.15, 0.2) is 0 Å². The number of aromatic nitrogens is 1. The Hall–Kier alpha value is -3.35. The molecule has 176 valence electrons. The summed E-state index contributed by atoms with van der Waals surface area (Å²) < 4.78 is 5.16. The molecule has 1 amide bonds. The highest BCUT2D eigenvalue weighted by molar-refractivity contribution is 5.73. The van der Waals surface area contributed by atoms with Crippen molar-refractivity contribution in [2.75, 3.05) is 18.4 Å². The Morgan fingerprint density at radius 3 is 2.88 bits per heavy atom. The SMILES string of the molecule is C=C(CCCCc1ccc2c(n1)NCCC2)NCCC(C=O)NC(=O)OCc1ccccc1. The van der Waals surface area contributed by atoms with Crippen molar-refractivity contribution in [1.82, 2.24) is 15.6 Å². The molecule has 2 aromatic rings. The number of hydrogen-bond donors (Lipinski definition) is 3. The Morgan fingerprint density at radius 2 is 2.06 bits per heavy atom. The van der Waals surface area contributed by atoms with Crippen LogP contribution in [0.25, 0.3) is 0 Å². The van der Waals surface area contributed by atoms with Gasteiger partial charge in [0.1, 0.15) is 18.7 Å². The first kappa shape index (κ1) is 24.3. The normalized spacial score (nSPS) is 13.2. The number of nitrogens with zero attached hydrogens (tertiary/aromatic N) is 1. The minimum Gasteiger partial charge on any atom is -0.445 e. The number of hydrogen-bond acceptors (Lipinski definition) is 6. The van der Waals surface area contributed by atoms with Crippen LogP contribution in [0.1, 0.15) is 48.9 Å². The van der Waals surface area contributed by atoms with Crippen molar-refractivity contribution in [3.05, 3.63) is 71.6 Å². The molecular weight excluding hydrogens is 416 g/mol. The van der Waals surface area contributed by atoms with Crippen LogP contribution < -0.4 is 16.0 Å². The molecule has 0 spiro atoms. The first-order valence-corrected chi connectivity index (χ1v) is 11.7. The number of amides is 1. The van der Waals surface area contributed by atoms with E-state index in [0.29, 0.717) is 13.0 Å². The van der Waals surface area contributed by atoms with Crippen molar-refractivity contribution in [2.24, 2.45) is 0 Å². The van der Waals surface area contributed by atoms with E-state index in [4.69, 9.17) is 9.72 Å². The molecule has 0 bridgehead atoms. The summed E-state index contributed by atoms with van der Waals surface area (Å²) in [6.07, 6.45) is 6.75. The van der Waals surface area contributed by atoms with E-state index in [0.717, 1.165) is 67.7 Å². The number of fused-ring (bicyclic) bond motifs is 1. The van der Waals surface area contributed by atoms with Gasteiger partial charge in [0.05, 0.1) is 6.04 Å². The number of unbranched alkanes of at least 4 members (excludes halogenated alkanes) is 1. The third-order valence-corrected chi connectivity index (χ3v) is 5.62. The third-order valence-electron chi connectivity index (χ3n) is 5.62. The summed E-state index contributed by atoms with van der Waals surface area (Å²) in [6, 6.07) is 13.1. The van der Waals surface area contributed by atoms with Crippen LogP contribution in [-0.4, -0.2) is 36.5 Å². The summed E-state index contributed by atoms with van der Waals surface area (Å²) in [6.45, 7) is 5.80. The number of aldehydes is 1. The molecule has 1 aliphatic heterocycles. The second-order valence-corrected chi connectivity index (χ2v) is 8.32. The van der Waals surface area contributed by atoms with Crippen molar-refractivity contribution in [3.63, 3.8) is 0 Å². The van der Waals surface area contributed by atoms with E-state index in [1.165, 1.54) is 12.0 Å². The Kier molecular flexibility index (Phi) is 9.76. The van der Waals surface area contributed by atoms with Crippen molar-refractivity contribution in [2.45, 2.75) is 57.6 Å². The fourth-order valence-corrected chi connectivity index (χ4v) is 3.74. The first-order chi connectivity index (χ1) is 16.1. The maximum atomic E-state index is 11.9. The molecule has 1 atom stereocenters. The van der Waals surface area contributed by atoms with Gasteiger partial charge >= 0.3 is 6.09 Å². The van der Waals surface area contributed by atoms with Gasteiger partial charge in [-0.25, -0.2) is 9.78 Å². The van der Waals surface area contributed by atoms with Crippen molar-refractivity contribution in [1.29, 1.82) is 0 Å². The maximum absolute atomic E-state index is 11.9. The molecule has 7 nitrogen and oxygen atoms in total. The van der Waals surface area contributed by atoms with Crippen molar-refractivity contribution in [3.8, 4) is 0 Å². The number of carbonyl (C=O) groups excluding carboxylic acids is 2. The molecule has 1 aromatic heterocycles. The van der Waals surface area contributed by atoms with Crippen LogP contribution in [0.15, 0.2) is 54.7 Å². The van der Waals surface area contributed by atoms with Gasteiger partial charge in [0, 0.05) is 24.5 Å². The Morgan fingerprint density at radius 1 is 1.21 bits per heavy atom. The minimum absolute atomic E-state index is 0.171. The van der Waals surface area contributed by atoms with Crippen LogP contribution in [0, 0.1) is 0 Å². The van der Waals surface area contributed by atoms with Gasteiger partial charge in [-0.3, -0.25) is 0 Å². The van der Waals surface area contributed by atoms with Gasteiger partial charge in [-0.15, -0.1) is 0 Å². The van der Waals surface area contributed by atoms with Crippen LogP contribution in [0.4, 0.5) is 10.6 Å². The minimum atomic E-state index is -0.600. The fourth-order valence-electron chi connectivity index (χ4n) is 3.74. The number of allylic oxidation sites excluding steroid dienone is 1. The lowest BCUT2D eigenvalue weighted by atomic mass is 10.1. The van der Waals surface area contributed by atoms with E-state index in [1.807, 2.05) is 30.3 Å². The molecule has 1 aliphatic rings. The number of carbonyl (C=O) groups is 2. The summed E-state index contributed by atoms with van der Waals surface area (Å²) in [5.41, 5.74) is 4.27. The van der Waals surface area contributed by atoms with Gasteiger partial charge in [-0.1, -0.05) is 43.0 Å². The summed E-state index contributed by atoms with van der Waals surface area (Å²) in [4.78, 5) is 27.9. The van der Waals surface area contributed by atoms with Crippen LogP contribution in [0.5, 0.6) is 0 Å². The lowest BCUT2D eigenvalue weighted by Gasteiger charge is -2.17. The number of anilines is 1. The van der Waals surface area contributed by atoms with Crippen LogP contribution in [0.3, 0.4) is 0 Å². The number of alkyl carbamates (subject to hydrolysis) is 1. The van der Waals surface area contributed by atoms with Gasteiger partial charge in [-0.2, -0.15) is 0 Å². The van der Waals surface area contributed by atoms with Crippen LogP contribution >= 0.6 is 0 Å². The number of aryl methyl sites for hydroxylation is 2. The average Bonchev–Trinajstić information content (AvgIpc) is 2.85. The van der Waals surface area contributed by atoms with Gasteiger partial charge < -0.3 is 25.5 Å². The number of rotatable bonds is 13. The molecule has 0 saturated carbocycles. The van der Waals surface area contributed by atoms with E-state index < -0.39 is 12.1 Å². The summed E-state index contributed by atoms with van der Waals surface area (Å²) in [5, 5.41) is 9.22. The van der Waals surface area contributed by atoms with Crippen LogP contribution in [-0.2, 0) is 29.0 Å². The number of pyridine rings is 1. The zero-order valence-electron chi connectivity index (χ0n) is 19.1. The predicted octanol–water partition coefficient (Wildman–Crippen LogP) is 4.14. The third kappa shape index (κ3) is 8.60. The van der Waals surface area contributed by atoms with E-state index in [2.05, 4.69) is 34.7 Å². The quantitative estimate of drug-likeness (QED) is 0.314. The molecule has 0 aliphatic carbocycles. The smallest absolute Gasteiger partial charge is 0.408 e. The summed E-state index contributed by atoms with van der Waals surface area (Å²) >= 11 is 0. The topological polar surface area (TPSA) is 92.4 Å². The predicted molar refractivity (Wildman–Crippen MR) is 130 cm³/mol. The first-order valence-electron chi connectivity index (χ1n) is 11.7. The van der Waals surface area contributed by atoms with E-state index >= 15 is 0 Å². The van der Waals surface area contributed by atoms with Crippen LogP contribution in [0.2, 0.25) is 0 Å². The van der Waals surface area contributed by atoms with Gasteiger partial charge in [0.25, 0.3) is 0 Å². The molecule has 3 rings (SSSR count). The Balaban J connectivity index is 1.26. The molecule has 1 aromatic carbocycles. The molecule has 7 heteroatoms. The summed E-state index contributed by atoms with van der Waals surface area (Å²) in [7, 11) is 0. The molecular formula is C26H34N4O3. The zero-order valence-corrected chi connectivity index (χ0v) is 19.1. The van der Waals surface area contributed by atoms with Crippen molar-refractivity contribution < 1.29 is 14.3 Å². The lowest BCUT2D eigenvalue weighted by Crippen LogP contribution is -2.38. The molecule has 2 heterocycles. The lowest BCUT2D eigenvalue weighted by molar-refractivity contribution is -0.109. The summed E-state index contributed by atoms with van der Waals surface area (Å²) in [5.74, 6) is 1.05. The number of ether oxygens (including phenoxy) is 1. The molecule has 0 saturated heterocycles. The van der Waals surface area contributed by atoms with E-state index in [-0.39, 0.29) is 6.61 Å². The highest BCUT2D eigenvalue weighted by Crippen LogP contribution is 2.20. The second-order valence-electron chi connectivity index (χ2n) is 8.32. The molecule has 1 unspecified atom stereocenters. The van der Waals surface area contributed by atoms with Gasteiger partial charge in [-0.05, 0) is 62.1 Å². The largest absolute Gasteiger partial charge is 0.445 e. The highest BCUT2D eigenvalue weighted by atomic mass is 16.5. The highest BCUT2D eigenvalue weighted by Gasteiger charge is 2.13. The molecule has 0 fully saturated rings. The van der Waals surface area contributed by atoms with Gasteiger partial charge in [0.2, 0.25) is 0 Å².